The fourth-order valence-electron chi connectivity index (χ4n) is 0.739. The average molecular weight is 204 g/mol. The number of hydrogen-bond donors (Lipinski definition) is 1. The zero-order valence-electron chi connectivity index (χ0n) is 7.15. The summed E-state index contributed by atoms with van der Waals surface area (Å²) in [5.41, 5.74) is 0. The summed E-state index contributed by atoms with van der Waals surface area (Å²) in [6.45, 7) is 4.21. The smallest absolute Gasteiger partial charge is 0.170 e. The van der Waals surface area contributed by atoms with Gasteiger partial charge in [-0.2, -0.15) is 4.37 Å². The highest BCUT2D eigenvalue weighted by atomic mass is 32.2. The number of aryl methyl sites for hydroxylation is 1. The third kappa shape index (κ3) is 3.08. The normalized spacial score (nSPS) is 13.2. The van der Waals surface area contributed by atoms with E-state index in [2.05, 4.69) is 16.3 Å². The van der Waals surface area contributed by atoms with Crippen LogP contribution in [0.15, 0.2) is 4.34 Å². The van der Waals surface area contributed by atoms with Gasteiger partial charge >= 0.3 is 0 Å². The Kier molecular flexibility index (Phi) is 3.97. The molecule has 0 bridgehead atoms. The maximum absolute atomic E-state index is 8.67. The Morgan fingerprint density at radius 1 is 1.67 bits per heavy atom. The van der Waals surface area contributed by atoms with Crippen molar-refractivity contribution < 1.29 is 5.11 Å². The Labute approximate surface area is 80.4 Å². The molecule has 0 aliphatic carbocycles. The summed E-state index contributed by atoms with van der Waals surface area (Å²) in [6.07, 6.45) is 0.809. The molecule has 0 aliphatic heterocycles. The summed E-state index contributed by atoms with van der Waals surface area (Å²) in [5, 5.41) is 9.09. The van der Waals surface area contributed by atoms with Crippen molar-refractivity contribution in [2.24, 2.45) is 0 Å². The van der Waals surface area contributed by atoms with E-state index in [1.165, 1.54) is 11.5 Å². The number of aliphatic hydroxyl groups excluding tert-OH is 1. The highest BCUT2D eigenvalue weighted by molar-refractivity contribution is 8.01. The van der Waals surface area contributed by atoms with Crippen molar-refractivity contribution in [3.8, 4) is 0 Å². The first-order valence-electron chi connectivity index (χ1n) is 3.80. The Morgan fingerprint density at radius 3 is 2.92 bits per heavy atom. The van der Waals surface area contributed by atoms with E-state index in [-0.39, 0.29) is 6.61 Å². The summed E-state index contributed by atoms with van der Waals surface area (Å²) in [4.78, 5) is 4.22. The monoisotopic (exact) mass is 204 g/mol. The van der Waals surface area contributed by atoms with Crippen LogP contribution in [-0.4, -0.2) is 26.3 Å². The Bertz CT molecular complexity index is 239. The van der Waals surface area contributed by atoms with Gasteiger partial charge in [0.15, 0.2) is 4.34 Å². The molecule has 0 radical (unpaired) electrons. The van der Waals surface area contributed by atoms with Crippen LogP contribution in [0.25, 0.3) is 0 Å². The third-order valence-corrected chi connectivity index (χ3v) is 3.39. The lowest BCUT2D eigenvalue weighted by Gasteiger charge is -2.04. The highest BCUT2D eigenvalue weighted by Gasteiger charge is 2.06. The van der Waals surface area contributed by atoms with Gasteiger partial charge in [0.05, 0.1) is 0 Å². The van der Waals surface area contributed by atoms with Crippen molar-refractivity contribution in [1.29, 1.82) is 0 Å². The van der Waals surface area contributed by atoms with Crippen LogP contribution in [0.5, 0.6) is 0 Å². The van der Waals surface area contributed by atoms with Gasteiger partial charge in [-0.1, -0.05) is 18.7 Å². The van der Waals surface area contributed by atoms with Crippen LogP contribution in [0.4, 0.5) is 0 Å². The van der Waals surface area contributed by atoms with E-state index in [0.29, 0.717) is 5.25 Å². The summed E-state index contributed by atoms with van der Waals surface area (Å²) in [6, 6.07) is 0. The molecule has 68 valence electrons. The highest BCUT2D eigenvalue weighted by Crippen LogP contribution is 2.25. The lowest BCUT2D eigenvalue weighted by molar-refractivity contribution is 0.289. The minimum absolute atomic E-state index is 0.242. The molecular formula is C7H12N2OS2. The van der Waals surface area contributed by atoms with Crippen LogP contribution < -0.4 is 0 Å². The number of aliphatic hydroxyl groups is 1. The van der Waals surface area contributed by atoms with Crippen LogP contribution in [0.1, 0.15) is 19.2 Å². The number of hydrogen-bond acceptors (Lipinski definition) is 5. The SMILES string of the molecule is Cc1nsc(SC(C)CCO)n1. The second-order valence-electron chi connectivity index (χ2n) is 2.55. The van der Waals surface area contributed by atoms with Crippen molar-refractivity contribution in [1.82, 2.24) is 9.36 Å². The molecule has 0 aromatic carbocycles. The second kappa shape index (κ2) is 4.79. The van der Waals surface area contributed by atoms with Crippen LogP contribution in [0, 0.1) is 6.92 Å². The maximum atomic E-state index is 8.67. The fourth-order valence-corrected chi connectivity index (χ4v) is 2.69. The van der Waals surface area contributed by atoms with E-state index in [1.807, 2.05) is 6.92 Å². The van der Waals surface area contributed by atoms with Crippen molar-refractivity contribution in [2.45, 2.75) is 29.9 Å². The van der Waals surface area contributed by atoms with Crippen LogP contribution in [-0.2, 0) is 0 Å². The van der Waals surface area contributed by atoms with E-state index < -0.39 is 0 Å². The quantitative estimate of drug-likeness (QED) is 0.758. The van der Waals surface area contributed by atoms with Crippen molar-refractivity contribution in [3.05, 3.63) is 5.82 Å². The molecular weight excluding hydrogens is 192 g/mol. The van der Waals surface area contributed by atoms with Crippen molar-refractivity contribution in [3.63, 3.8) is 0 Å². The molecule has 0 saturated carbocycles. The molecule has 0 fully saturated rings. The first-order chi connectivity index (χ1) is 5.72. The van der Waals surface area contributed by atoms with E-state index >= 15 is 0 Å². The van der Waals surface area contributed by atoms with E-state index in [0.717, 1.165) is 16.6 Å². The lowest BCUT2D eigenvalue weighted by Crippen LogP contribution is -1.98. The number of aromatic nitrogens is 2. The van der Waals surface area contributed by atoms with Crippen LogP contribution in [0.2, 0.25) is 0 Å². The Morgan fingerprint density at radius 2 is 2.42 bits per heavy atom. The largest absolute Gasteiger partial charge is 0.396 e. The van der Waals surface area contributed by atoms with E-state index in [4.69, 9.17) is 5.11 Å². The lowest BCUT2D eigenvalue weighted by atomic mass is 10.4. The van der Waals surface area contributed by atoms with E-state index in [9.17, 15) is 0 Å². The summed E-state index contributed by atoms with van der Waals surface area (Å²) in [7, 11) is 0. The molecule has 1 N–H and O–H groups in total. The van der Waals surface area contributed by atoms with Crippen LogP contribution >= 0.6 is 23.3 Å². The Balaban J connectivity index is 2.41. The summed E-state index contributed by atoms with van der Waals surface area (Å²) >= 11 is 3.10. The predicted molar refractivity (Wildman–Crippen MR) is 51.7 cm³/mol. The van der Waals surface area contributed by atoms with Gasteiger partial charge in [0.25, 0.3) is 0 Å². The van der Waals surface area contributed by atoms with Crippen molar-refractivity contribution >= 4 is 23.3 Å². The summed E-state index contributed by atoms with van der Waals surface area (Å²) in [5.74, 6) is 0.832. The number of nitrogens with zero attached hydrogens (tertiary/aromatic N) is 2. The van der Waals surface area contributed by atoms with Gasteiger partial charge in [0.2, 0.25) is 0 Å². The molecule has 12 heavy (non-hydrogen) atoms. The zero-order chi connectivity index (χ0) is 8.97. The van der Waals surface area contributed by atoms with Gasteiger partial charge in [0, 0.05) is 11.9 Å². The molecule has 0 amide bonds. The average Bonchev–Trinajstić information content (AvgIpc) is 2.36. The van der Waals surface area contributed by atoms with Gasteiger partial charge < -0.3 is 5.11 Å². The van der Waals surface area contributed by atoms with Crippen molar-refractivity contribution in [2.75, 3.05) is 6.61 Å². The standard InChI is InChI=1S/C7H12N2OS2/c1-5(3-4-10)11-7-8-6(2)9-12-7/h5,10H,3-4H2,1-2H3. The molecule has 1 heterocycles. The van der Waals surface area contributed by atoms with Gasteiger partial charge in [-0.3, -0.25) is 0 Å². The molecule has 0 spiro atoms. The zero-order valence-corrected chi connectivity index (χ0v) is 8.78. The molecule has 1 rings (SSSR count). The van der Waals surface area contributed by atoms with Gasteiger partial charge in [0.1, 0.15) is 5.82 Å². The summed E-state index contributed by atoms with van der Waals surface area (Å²) < 4.78 is 5.07. The molecule has 1 atom stereocenters. The number of rotatable bonds is 4. The molecule has 1 aromatic rings. The Hall–Kier alpha value is -0.130. The molecule has 1 aromatic heterocycles. The first-order valence-corrected chi connectivity index (χ1v) is 5.45. The third-order valence-electron chi connectivity index (χ3n) is 1.35. The minimum atomic E-state index is 0.242. The topological polar surface area (TPSA) is 46.0 Å². The minimum Gasteiger partial charge on any atom is -0.396 e. The predicted octanol–water partition coefficient (Wildman–Crippen LogP) is 1.71. The van der Waals surface area contributed by atoms with Gasteiger partial charge in [-0.05, 0) is 24.9 Å². The van der Waals surface area contributed by atoms with E-state index in [1.54, 1.807) is 11.8 Å². The number of thioether (sulfide) groups is 1. The second-order valence-corrected chi connectivity index (χ2v) is 4.99. The molecule has 5 heteroatoms. The maximum Gasteiger partial charge on any atom is 0.170 e. The van der Waals surface area contributed by atoms with Gasteiger partial charge in [-0.15, -0.1) is 0 Å². The van der Waals surface area contributed by atoms with Gasteiger partial charge in [-0.25, -0.2) is 4.98 Å². The molecule has 0 saturated heterocycles. The molecule has 0 aliphatic rings. The molecule has 3 nitrogen and oxygen atoms in total. The first kappa shape index (κ1) is 9.95. The van der Waals surface area contributed by atoms with Crippen LogP contribution in [0.3, 0.4) is 0 Å². The fraction of sp³-hybridized carbons (Fsp3) is 0.714. The molecule has 1 unspecified atom stereocenters.